The van der Waals surface area contributed by atoms with Crippen molar-refractivity contribution in [1.82, 2.24) is 19.6 Å². The Morgan fingerprint density at radius 1 is 1.26 bits per heavy atom. The van der Waals surface area contributed by atoms with Crippen LogP contribution in [0.5, 0.6) is 0 Å². The van der Waals surface area contributed by atoms with Gasteiger partial charge in [-0.1, -0.05) is 0 Å². The van der Waals surface area contributed by atoms with Crippen molar-refractivity contribution in [1.29, 1.82) is 0 Å². The average Bonchev–Trinajstić information content (AvgIpc) is 3.12. The lowest BCUT2D eigenvalue weighted by atomic mass is 10.2. The summed E-state index contributed by atoms with van der Waals surface area (Å²) in [6.07, 6.45) is 1.52. The van der Waals surface area contributed by atoms with Crippen LogP contribution in [0.25, 0.3) is 28.1 Å². The summed E-state index contributed by atoms with van der Waals surface area (Å²) in [7, 11) is 0. The number of rotatable bonds is 2. The Balaban J connectivity index is 2.17. The molecule has 0 aliphatic carbocycles. The van der Waals surface area contributed by atoms with E-state index in [9.17, 15) is 9.90 Å². The lowest BCUT2D eigenvalue weighted by Gasteiger charge is -2.03. The van der Waals surface area contributed by atoms with E-state index in [4.69, 9.17) is 4.42 Å². The molecule has 7 heteroatoms. The van der Waals surface area contributed by atoms with Crippen LogP contribution in [-0.4, -0.2) is 30.7 Å². The predicted octanol–water partition coefficient (Wildman–Crippen LogP) is 2.85. The molecule has 0 amide bonds. The van der Waals surface area contributed by atoms with Gasteiger partial charge in [-0.15, -0.1) is 5.10 Å². The minimum Gasteiger partial charge on any atom is -0.477 e. The molecule has 0 atom stereocenters. The molecule has 0 aliphatic rings. The number of hydrogen-bond acceptors (Lipinski definition) is 5. The Morgan fingerprint density at radius 2 is 2.09 bits per heavy atom. The maximum Gasteiger partial charge on any atom is 0.354 e. The van der Waals surface area contributed by atoms with Crippen molar-refractivity contribution in [2.24, 2.45) is 0 Å². The van der Waals surface area contributed by atoms with Crippen LogP contribution in [0.15, 0.2) is 34.9 Å². The summed E-state index contributed by atoms with van der Waals surface area (Å²) < 4.78 is 6.66. The van der Waals surface area contributed by atoms with E-state index in [2.05, 4.69) is 15.1 Å². The fourth-order valence-electron chi connectivity index (χ4n) is 2.72. The molecule has 23 heavy (non-hydrogen) atoms. The molecule has 4 aromatic heterocycles. The van der Waals surface area contributed by atoms with Gasteiger partial charge < -0.3 is 9.52 Å². The number of aryl methyl sites for hydroxylation is 2. The van der Waals surface area contributed by atoms with Crippen molar-refractivity contribution in [2.75, 3.05) is 0 Å². The smallest absolute Gasteiger partial charge is 0.354 e. The third-order valence-electron chi connectivity index (χ3n) is 3.67. The van der Waals surface area contributed by atoms with E-state index in [1.807, 2.05) is 19.9 Å². The largest absolute Gasteiger partial charge is 0.477 e. The molecular formula is C16H12N4O3. The predicted molar refractivity (Wildman–Crippen MR) is 82.4 cm³/mol. The van der Waals surface area contributed by atoms with Gasteiger partial charge in [-0.25, -0.2) is 19.3 Å². The van der Waals surface area contributed by atoms with Crippen molar-refractivity contribution in [2.45, 2.75) is 13.8 Å². The molecule has 0 aliphatic heterocycles. The van der Waals surface area contributed by atoms with Crippen LogP contribution in [-0.2, 0) is 0 Å². The molecule has 4 aromatic rings. The molecule has 1 N–H and O–H groups in total. The molecule has 0 fully saturated rings. The van der Waals surface area contributed by atoms with Crippen molar-refractivity contribution in [3.8, 4) is 11.5 Å². The van der Waals surface area contributed by atoms with Gasteiger partial charge in [0.1, 0.15) is 5.69 Å². The molecule has 0 saturated heterocycles. The fraction of sp³-hybridized carbons (Fsp3) is 0.125. The molecule has 0 spiro atoms. The van der Waals surface area contributed by atoms with Gasteiger partial charge in [-0.05, 0) is 37.6 Å². The van der Waals surface area contributed by atoms with Crippen LogP contribution in [0, 0.1) is 13.8 Å². The van der Waals surface area contributed by atoms with E-state index in [0.29, 0.717) is 22.7 Å². The number of carboxylic acid groups (broad SMARTS) is 1. The minimum absolute atomic E-state index is 0.0106. The standard InChI is InChI=1S/C16H12N4O3/c1-8-6-9(2)17-14-13(8)15-18-10(12-4-3-5-23-12)7-11(16(21)22)20(15)19-14/h3-7H,1-2H3,(H,21,22). The zero-order valence-electron chi connectivity index (χ0n) is 12.4. The van der Waals surface area contributed by atoms with E-state index in [0.717, 1.165) is 16.6 Å². The Bertz CT molecular complexity index is 1060. The summed E-state index contributed by atoms with van der Waals surface area (Å²) in [5.74, 6) is -0.588. The van der Waals surface area contributed by atoms with Gasteiger partial charge in [0.2, 0.25) is 0 Å². The normalized spacial score (nSPS) is 11.4. The Kier molecular flexibility index (Phi) is 2.71. The van der Waals surface area contributed by atoms with Crippen molar-refractivity contribution in [3.63, 3.8) is 0 Å². The first-order valence-corrected chi connectivity index (χ1v) is 6.99. The first-order valence-electron chi connectivity index (χ1n) is 6.99. The molecular weight excluding hydrogens is 296 g/mol. The fourth-order valence-corrected chi connectivity index (χ4v) is 2.72. The zero-order chi connectivity index (χ0) is 16.1. The number of pyridine rings is 1. The molecule has 0 saturated carbocycles. The van der Waals surface area contributed by atoms with Crippen molar-refractivity contribution >= 4 is 22.6 Å². The van der Waals surface area contributed by atoms with E-state index < -0.39 is 5.97 Å². The van der Waals surface area contributed by atoms with Crippen LogP contribution >= 0.6 is 0 Å². The second kappa shape index (κ2) is 4.64. The first kappa shape index (κ1) is 13.4. The number of aromatic carboxylic acids is 1. The second-order valence-electron chi connectivity index (χ2n) is 5.32. The molecule has 7 nitrogen and oxygen atoms in total. The van der Waals surface area contributed by atoms with Gasteiger partial charge in [0.15, 0.2) is 22.7 Å². The Hall–Kier alpha value is -3.22. The highest BCUT2D eigenvalue weighted by Gasteiger charge is 2.19. The summed E-state index contributed by atoms with van der Waals surface area (Å²) in [5.41, 5.74) is 3.16. The Labute approximate surface area is 130 Å². The van der Waals surface area contributed by atoms with Crippen molar-refractivity contribution < 1.29 is 14.3 Å². The maximum absolute atomic E-state index is 11.6. The van der Waals surface area contributed by atoms with Crippen LogP contribution < -0.4 is 0 Å². The highest BCUT2D eigenvalue weighted by atomic mass is 16.4. The third-order valence-corrected chi connectivity index (χ3v) is 3.67. The van der Waals surface area contributed by atoms with Gasteiger partial charge in [0.05, 0.1) is 11.6 Å². The number of carboxylic acids is 1. The average molecular weight is 308 g/mol. The molecule has 0 aromatic carbocycles. The highest BCUT2D eigenvalue weighted by molar-refractivity contribution is 5.96. The number of furan rings is 1. The van der Waals surface area contributed by atoms with Gasteiger partial charge in [0, 0.05) is 11.8 Å². The van der Waals surface area contributed by atoms with Gasteiger partial charge in [-0.3, -0.25) is 0 Å². The summed E-state index contributed by atoms with van der Waals surface area (Å²) in [6.45, 7) is 3.80. The number of aromatic nitrogens is 4. The van der Waals surface area contributed by atoms with Crippen LogP contribution in [0.1, 0.15) is 21.7 Å². The SMILES string of the molecule is Cc1cc(C)c2c(n1)nn1c(C(=O)O)cc(-c3ccco3)nc21. The minimum atomic E-state index is -1.09. The van der Waals surface area contributed by atoms with E-state index in [1.165, 1.54) is 16.8 Å². The summed E-state index contributed by atoms with van der Waals surface area (Å²) in [6, 6.07) is 6.83. The topological polar surface area (TPSA) is 93.5 Å². The summed E-state index contributed by atoms with van der Waals surface area (Å²) in [4.78, 5) is 20.5. The zero-order valence-corrected chi connectivity index (χ0v) is 12.4. The highest BCUT2D eigenvalue weighted by Crippen LogP contribution is 2.26. The quantitative estimate of drug-likeness (QED) is 0.612. The lowest BCUT2D eigenvalue weighted by Crippen LogP contribution is -2.08. The first-order chi connectivity index (χ1) is 11.0. The van der Waals surface area contributed by atoms with E-state index >= 15 is 0 Å². The summed E-state index contributed by atoms with van der Waals surface area (Å²) >= 11 is 0. The van der Waals surface area contributed by atoms with Crippen LogP contribution in [0.2, 0.25) is 0 Å². The Morgan fingerprint density at radius 3 is 2.78 bits per heavy atom. The van der Waals surface area contributed by atoms with E-state index in [1.54, 1.807) is 12.1 Å². The molecule has 0 radical (unpaired) electrons. The number of fused-ring (bicyclic) bond motifs is 3. The lowest BCUT2D eigenvalue weighted by molar-refractivity contribution is 0.0687. The molecule has 0 unspecified atom stereocenters. The summed E-state index contributed by atoms with van der Waals surface area (Å²) in [5, 5.41) is 14.6. The van der Waals surface area contributed by atoms with Gasteiger partial charge >= 0.3 is 5.97 Å². The molecule has 0 bridgehead atoms. The van der Waals surface area contributed by atoms with Crippen LogP contribution in [0.3, 0.4) is 0 Å². The van der Waals surface area contributed by atoms with Gasteiger partial charge in [0.25, 0.3) is 0 Å². The second-order valence-corrected chi connectivity index (χ2v) is 5.32. The molecule has 114 valence electrons. The van der Waals surface area contributed by atoms with Crippen LogP contribution in [0.4, 0.5) is 0 Å². The molecule has 4 rings (SSSR count). The van der Waals surface area contributed by atoms with Crippen molar-refractivity contribution in [3.05, 3.63) is 47.5 Å². The molecule has 4 heterocycles. The van der Waals surface area contributed by atoms with Gasteiger partial charge in [-0.2, -0.15) is 0 Å². The maximum atomic E-state index is 11.6. The number of carbonyl (C=O) groups is 1. The number of nitrogens with zero attached hydrogens (tertiary/aromatic N) is 4. The van der Waals surface area contributed by atoms with E-state index in [-0.39, 0.29) is 5.69 Å². The number of hydrogen-bond donors (Lipinski definition) is 1. The third kappa shape index (κ3) is 1.97. The monoisotopic (exact) mass is 308 g/mol.